The molecule has 1 fully saturated rings. The van der Waals surface area contributed by atoms with Gasteiger partial charge < -0.3 is 14.4 Å². The van der Waals surface area contributed by atoms with Crippen LogP contribution in [0.3, 0.4) is 0 Å². The van der Waals surface area contributed by atoms with E-state index >= 15 is 0 Å². The number of ether oxygens (including phenoxy) is 2. The lowest BCUT2D eigenvalue weighted by Crippen LogP contribution is -2.25. The second-order valence-corrected chi connectivity index (χ2v) is 15.5. The first-order valence-electron chi connectivity index (χ1n) is 11.5. The fourth-order valence-corrected chi connectivity index (χ4v) is 4.94. The molecule has 0 N–H and O–H groups in total. The average Bonchev–Trinajstić information content (AvgIpc) is 3.36. The van der Waals surface area contributed by atoms with Crippen LogP contribution in [0.25, 0.3) is 11.0 Å². The van der Waals surface area contributed by atoms with Crippen molar-refractivity contribution in [2.75, 3.05) is 25.2 Å². The van der Waals surface area contributed by atoms with Crippen LogP contribution >= 0.6 is 0 Å². The number of alkyl halides is 1. The van der Waals surface area contributed by atoms with E-state index in [2.05, 4.69) is 29.7 Å². The van der Waals surface area contributed by atoms with Crippen LogP contribution in [0, 0.1) is 11.6 Å². The molecule has 7 nitrogen and oxygen atoms in total. The van der Waals surface area contributed by atoms with Crippen LogP contribution in [-0.4, -0.2) is 55.2 Å². The van der Waals surface area contributed by atoms with Crippen LogP contribution < -0.4 is 4.90 Å². The largest absolute Gasteiger partial charge is 0.465 e. The van der Waals surface area contributed by atoms with Crippen LogP contribution in [-0.2, 0) is 16.2 Å². The SMILES string of the molecule is COC(=O)c1cnc2c(c1)c(N1C[C@@H](F)C[C@@H]1c1cc(F)ccc1F)nn2COCC[Si](C)(C)C. The highest BCUT2D eigenvalue weighted by Crippen LogP contribution is 2.40. The Labute approximate surface area is 202 Å². The molecular weight excluding hydrogens is 477 g/mol. The van der Waals surface area contributed by atoms with Gasteiger partial charge in [-0.3, -0.25) is 0 Å². The minimum Gasteiger partial charge on any atom is -0.465 e. The highest BCUT2D eigenvalue weighted by atomic mass is 28.3. The zero-order valence-corrected chi connectivity index (χ0v) is 21.2. The summed E-state index contributed by atoms with van der Waals surface area (Å²) in [6, 6.07) is 4.91. The first-order valence-corrected chi connectivity index (χ1v) is 15.2. The molecule has 1 aromatic carbocycles. The van der Waals surface area contributed by atoms with Crippen molar-refractivity contribution in [2.45, 2.75) is 51.1 Å². The summed E-state index contributed by atoms with van der Waals surface area (Å²) in [4.78, 5) is 18.1. The second-order valence-electron chi connectivity index (χ2n) is 9.92. The molecule has 1 aliphatic rings. The van der Waals surface area contributed by atoms with Gasteiger partial charge in [0.1, 0.15) is 24.5 Å². The number of fused-ring (bicyclic) bond motifs is 1. The van der Waals surface area contributed by atoms with Crippen molar-refractivity contribution in [3.63, 3.8) is 0 Å². The highest BCUT2D eigenvalue weighted by Gasteiger charge is 2.37. The summed E-state index contributed by atoms with van der Waals surface area (Å²) in [5.41, 5.74) is 0.683. The maximum Gasteiger partial charge on any atom is 0.339 e. The molecule has 2 atom stereocenters. The lowest BCUT2D eigenvalue weighted by molar-refractivity contribution is 0.0600. The number of anilines is 1. The number of carbonyl (C=O) groups is 1. The van der Waals surface area contributed by atoms with E-state index in [1.165, 1.54) is 13.3 Å². The summed E-state index contributed by atoms with van der Waals surface area (Å²) in [5, 5.41) is 5.10. The maximum absolute atomic E-state index is 14.7. The summed E-state index contributed by atoms with van der Waals surface area (Å²) < 4.78 is 55.4. The molecule has 35 heavy (non-hydrogen) atoms. The number of aromatic nitrogens is 3. The van der Waals surface area contributed by atoms with Gasteiger partial charge in [-0.25, -0.2) is 27.6 Å². The van der Waals surface area contributed by atoms with Crippen LogP contribution in [0.5, 0.6) is 0 Å². The van der Waals surface area contributed by atoms with Gasteiger partial charge >= 0.3 is 5.97 Å². The van der Waals surface area contributed by atoms with E-state index in [9.17, 15) is 18.0 Å². The van der Waals surface area contributed by atoms with E-state index in [1.807, 2.05) is 0 Å². The number of carbonyl (C=O) groups excluding carboxylic acids is 1. The topological polar surface area (TPSA) is 69.5 Å². The molecule has 2 aromatic heterocycles. The van der Waals surface area contributed by atoms with Gasteiger partial charge in [-0.2, -0.15) is 5.10 Å². The van der Waals surface area contributed by atoms with Crippen LogP contribution in [0.15, 0.2) is 30.5 Å². The molecule has 0 aliphatic carbocycles. The molecular formula is C24H29F3N4O3Si. The molecule has 0 bridgehead atoms. The smallest absolute Gasteiger partial charge is 0.339 e. The van der Waals surface area contributed by atoms with Gasteiger partial charge in [-0.1, -0.05) is 19.6 Å². The molecule has 0 radical (unpaired) electrons. The number of benzene rings is 1. The summed E-state index contributed by atoms with van der Waals surface area (Å²) in [6.07, 6.45) is 0.0858. The first kappa shape index (κ1) is 25.2. The van der Waals surface area contributed by atoms with Crippen LogP contribution in [0.4, 0.5) is 19.0 Å². The summed E-state index contributed by atoms with van der Waals surface area (Å²) in [5.74, 6) is -1.49. The number of hydrogen-bond donors (Lipinski definition) is 0. The Balaban J connectivity index is 1.75. The molecule has 0 spiro atoms. The van der Waals surface area contributed by atoms with Gasteiger partial charge in [0.15, 0.2) is 11.5 Å². The number of nitrogens with zero attached hydrogens (tertiary/aromatic N) is 4. The zero-order valence-electron chi connectivity index (χ0n) is 20.2. The monoisotopic (exact) mass is 506 g/mol. The van der Waals surface area contributed by atoms with Crippen LogP contribution in [0.1, 0.15) is 28.4 Å². The molecule has 3 heterocycles. The van der Waals surface area contributed by atoms with E-state index in [-0.39, 0.29) is 30.8 Å². The predicted molar refractivity (Wildman–Crippen MR) is 129 cm³/mol. The molecule has 4 rings (SSSR count). The van der Waals surface area contributed by atoms with E-state index < -0.39 is 37.9 Å². The molecule has 11 heteroatoms. The molecule has 188 valence electrons. The Morgan fingerprint density at radius 2 is 2.00 bits per heavy atom. The minimum absolute atomic E-state index is 0.0223. The predicted octanol–water partition coefficient (Wildman–Crippen LogP) is 5.10. The van der Waals surface area contributed by atoms with Gasteiger partial charge in [0.2, 0.25) is 0 Å². The third kappa shape index (κ3) is 5.51. The third-order valence-electron chi connectivity index (χ3n) is 6.04. The lowest BCUT2D eigenvalue weighted by atomic mass is 10.0. The van der Waals surface area contributed by atoms with E-state index in [0.29, 0.717) is 23.5 Å². The van der Waals surface area contributed by atoms with Gasteiger partial charge in [0.05, 0.1) is 30.6 Å². The Morgan fingerprint density at radius 3 is 2.71 bits per heavy atom. The van der Waals surface area contributed by atoms with Crippen molar-refractivity contribution in [3.8, 4) is 0 Å². The molecule has 3 aromatic rings. The van der Waals surface area contributed by atoms with E-state index in [0.717, 1.165) is 24.2 Å². The van der Waals surface area contributed by atoms with E-state index in [4.69, 9.17) is 9.47 Å². The van der Waals surface area contributed by atoms with Crippen molar-refractivity contribution in [1.82, 2.24) is 14.8 Å². The Hall–Kier alpha value is -2.92. The molecule has 0 amide bonds. The highest BCUT2D eigenvalue weighted by molar-refractivity contribution is 6.76. The quantitative estimate of drug-likeness (QED) is 0.241. The van der Waals surface area contributed by atoms with E-state index in [1.54, 1.807) is 15.6 Å². The number of hydrogen-bond acceptors (Lipinski definition) is 6. The zero-order chi connectivity index (χ0) is 25.3. The molecule has 1 saturated heterocycles. The Kier molecular flexibility index (Phi) is 7.18. The summed E-state index contributed by atoms with van der Waals surface area (Å²) in [6.45, 7) is 7.35. The van der Waals surface area contributed by atoms with Crippen molar-refractivity contribution in [3.05, 3.63) is 53.2 Å². The normalized spacial score (nSPS) is 18.4. The average molecular weight is 507 g/mol. The van der Waals surface area contributed by atoms with Gasteiger partial charge in [0, 0.05) is 32.9 Å². The third-order valence-corrected chi connectivity index (χ3v) is 7.74. The minimum atomic E-state index is -1.29. The fraction of sp³-hybridized carbons (Fsp3) is 0.458. The van der Waals surface area contributed by atoms with Crippen LogP contribution in [0.2, 0.25) is 25.7 Å². The first-order chi connectivity index (χ1) is 16.6. The molecule has 0 unspecified atom stereocenters. The summed E-state index contributed by atoms with van der Waals surface area (Å²) >= 11 is 0. The number of esters is 1. The van der Waals surface area contributed by atoms with Gasteiger partial charge in [-0.15, -0.1) is 0 Å². The maximum atomic E-state index is 14.7. The van der Waals surface area contributed by atoms with Gasteiger partial charge in [-0.05, 0) is 30.3 Å². The molecule has 1 aliphatic heterocycles. The number of methoxy groups -OCH3 is 1. The lowest BCUT2D eigenvalue weighted by Gasteiger charge is -2.25. The number of pyridine rings is 1. The Morgan fingerprint density at radius 1 is 1.23 bits per heavy atom. The summed E-state index contributed by atoms with van der Waals surface area (Å²) in [7, 11) is -0.0274. The van der Waals surface area contributed by atoms with Crippen molar-refractivity contribution < 1.29 is 27.4 Å². The van der Waals surface area contributed by atoms with Crippen molar-refractivity contribution in [1.29, 1.82) is 0 Å². The van der Waals surface area contributed by atoms with Crippen molar-refractivity contribution >= 4 is 30.9 Å². The van der Waals surface area contributed by atoms with Gasteiger partial charge in [0.25, 0.3) is 0 Å². The molecule has 0 saturated carbocycles. The standard InChI is InChI=1S/C24H29F3N4O3Si/c1-33-24(32)15-9-19-22(28-12-15)31(14-34-7-8-35(2,3)4)29-23(19)30-13-17(26)11-21(30)18-10-16(25)5-6-20(18)27/h5-6,9-10,12,17,21H,7-8,11,13-14H2,1-4H3/t17-,21+/m0/s1. The Bertz CT molecular complexity index is 1230. The second kappa shape index (κ2) is 9.98. The van der Waals surface area contributed by atoms with Crippen molar-refractivity contribution in [2.24, 2.45) is 0 Å². The number of halogens is 3. The number of rotatable bonds is 8. The fourth-order valence-electron chi connectivity index (χ4n) is 4.19.